The molecule has 0 amide bonds. The van der Waals surface area contributed by atoms with Gasteiger partial charge in [0.15, 0.2) is 0 Å². The predicted molar refractivity (Wildman–Crippen MR) is 51.4 cm³/mol. The van der Waals surface area contributed by atoms with E-state index in [0.29, 0.717) is 11.8 Å². The van der Waals surface area contributed by atoms with Gasteiger partial charge in [0, 0.05) is 12.3 Å². The van der Waals surface area contributed by atoms with Gasteiger partial charge in [-0.05, 0) is 24.5 Å². The SMILES string of the molecule is C=CCC(CCl)Cc1ccco1. The highest BCUT2D eigenvalue weighted by Gasteiger charge is 2.07. The normalized spacial score (nSPS) is 12.8. The zero-order valence-electron chi connectivity index (χ0n) is 7.00. The molecule has 0 N–H and O–H groups in total. The first-order valence-electron chi connectivity index (χ1n) is 4.06. The van der Waals surface area contributed by atoms with Crippen molar-refractivity contribution in [1.82, 2.24) is 0 Å². The van der Waals surface area contributed by atoms with Crippen molar-refractivity contribution in [2.24, 2.45) is 5.92 Å². The number of alkyl halides is 1. The monoisotopic (exact) mass is 184 g/mol. The van der Waals surface area contributed by atoms with Crippen LogP contribution in [0.15, 0.2) is 35.5 Å². The Morgan fingerprint density at radius 3 is 3.00 bits per heavy atom. The van der Waals surface area contributed by atoms with Gasteiger partial charge in [-0.25, -0.2) is 0 Å². The summed E-state index contributed by atoms with van der Waals surface area (Å²) in [7, 11) is 0. The third-order valence-electron chi connectivity index (χ3n) is 1.79. The molecule has 1 unspecified atom stereocenters. The van der Waals surface area contributed by atoms with Gasteiger partial charge in [0.1, 0.15) is 5.76 Å². The molecule has 0 aliphatic rings. The van der Waals surface area contributed by atoms with Crippen molar-refractivity contribution in [3.63, 3.8) is 0 Å². The standard InChI is InChI=1S/C10H13ClO/c1-2-4-9(8-11)7-10-5-3-6-12-10/h2-3,5-6,9H,1,4,7-8H2. The smallest absolute Gasteiger partial charge is 0.104 e. The van der Waals surface area contributed by atoms with Crippen molar-refractivity contribution in [2.75, 3.05) is 5.88 Å². The van der Waals surface area contributed by atoms with Gasteiger partial charge in [-0.2, -0.15) is 0 Å². The van der Waals surface area contributed by atoms with Crippen LogP contribution < -0.4 is 0 Å². The molecule has 1 heterocycles. The van der Waals surface area contributed by atoms with Gasteiger partial charge in [-0.15, -0.1) is 18.2 Å². The fourth-order valence-corrected chi connectivity index (χ4v) is 1.38. The first-order valence-corrected chi connectivity index (χ1v) is 4.59. The van der Waals surface area contributed by atoms with E-state index < -0.39 is 0 Å². The fraction of sp³-hybridized carbons (Fsp3) is 0.400. The number of hydrogen-bond donors (Lipinski definition) is 0. The molecule has 0 bridgehead atoms. The Hall–Kier alpha value is -0.690. The molecule has 2 heteroatoms. The van der Waals surface area contributed by atoms with E-state index >= 15 is 0 Å². The van der Waals surface area contributed by atoms with Crippen LogP contribution in [-0.4, -0.2) is 5.88 Å². The van der Waals surface area contributed by atoms with Crippen LogP contribution in [0.25, 0.3) is 0 Å². The van der Waals surface area contributed by atoms with Gasteiger partial charge < -0.3 is 4.42 Å². The Kier molecular flexibility index (Phi) is 3.95. The van der Waals surface area contributed by atoms with E-state index in [1.165, 1.54) is 0 Å². The Morgan fingerprint density at radius 1 is 1.67 bits per heavy atom. The number of rotatable bonds is 5. The lowest BCUT2D eigenvalue weighted by Crippen LogP contribution is -2.04. The zero-order chi connectivity index (χ0) is 8.81. The molecule has 66 valence electrons. The number of allylic oxidation sites excluding steroid dienone is 1. The van der Waals surface area contributed by atoms with Gasteiger partial charge in [0.05, 0.1) is 6.26 Å². The van der Waals surface area contributed by atoms with Crippen LogP contribution in [0.1, 0.15) is 12.2 Å². The van der Waals surface area contributed by atoms with Gasteiger partial charge in [-0.1, -0.05) is 6.08 Å². The third kappa shape index (κ3) is 2.74. The molecule has 0 saturated heterocycles. The molecule has 0 aromatic carbocycles. The topological polar surface area (TPSA) is 13.1 Å². The minimum Gasteiger partial charge on any atom is -0.469 e. The summed E-state index contributed by atoms with van der Waals surface area (Å²) >= 11 is 5.77. The molecule has 0 spiro atoms. The van der Waals surface area contributed by atoms with E-state index in [2.05, 4.69) is 6.58 Å². The summed E-state index contributed by atoms with van der Waals surface area (Å²) in [6, 6.07) is 3.87. The highest BCUT2D eigenvalue weighted by molar-refractivity contribution is 6.18. The molecule has 1 aromatic heterocycles. The van der Waals surface area contributed by atoms with Crippen LogP contribution in [0.2, 0.25) is 0 Å². The third-order valence-corrected chi connectivity index (χ3v) is 2.22. The van der Waals surface area contributed by atoms with Crippen molar-refractivity contribution in [1.29, 1.82) is 0 Å². The largest absolute Gasteiger partial charge is 0.469 e. The molecule has 0 aliphatic carbocycles. The summed E-state index contributed by atoms with van der Waals surface area (Å²) < 4.78 is 5.22. The van der Waals surface area contributed by atoms with E-state index in [1.54, 1.807) is 6.26 Å². The zero-order valence-corrected chi connectivity index (χ0v) is 7.76. The second-order valence-corrected chi connectivity index (χ2v) is 3.14. The van der Waals surface area contributed by atoms with Crippen molar-refractivity contribution in [3.8, 4) is 0 Å². The molecule has 1 nitrogen and oxygen atoms in total. The number of halogens is 1. The molecule has 0 fully saturated rings. The highest BCUT2D eigenvalue weighted by Crippen LogP contribution is 2.14. The molecule has 1 aromatic rings. The van der Waals surface area contributed by atoms with Crippen LogP contribution in [-0.2, 0) is 6.42 Å². The lowest BCUT2D eigenvalue weighted by Gasteiger charge is -2.08. The second-order valence-electron chi connectivity index (χ2n) is 2.83. The van der Waals surface area contributed by atoms with E-state index in [4.69, 9.17) is 16.0 Å². The van der Waals surface area contributed by atoms with E-state index in [0.717, 1.165) is 18.6 Å². The summed E-state index contributed by atoms with van der Waals surface area (Å²) in [5.74, 6) is 2.12. The minimum atomic E-state index is 0.454. The lowest BCUT2D eigenvalue weighted by molar-refractivity contribution is 0.461. The van der Waals surface area contributed by atoms with E-state index in [-0.39, 0.29) is 0 Å². The average molecular weight is 185 g/mol. The second kappa shape index (κ2) is 5.04. The van der Waals surface area contributed by atoms with Crippen LogP contribution in [0, 0.1) is 5.92 Å². The maximum absolute atomic E-state index is 5.77. The number of furan rings is 1. The van der Waals surface area contributed by atoms with Gasteiger partial charge in [0.2, 0.25) is 0 Å². The predicted octanol–water partition coefficient (Wildman–Crippen LogP) is 3.25. The average Bonchev–Trinajstić information content (AvgIpc) is 2.56. The van der Waals surface area contributed by atoms with Gasteiger partial charge >= 0.3 is 0 Å². The maximum Gasteiger partial charge on any atom is 0.104 e. The Bertz CT molecular complexity index is 216. The molecule has 0 saturated carbocycles. The van der Waals surface area contributed by atoms with Crippen molar-refractivity contribution in [2.45, 2.75) is 12.8 Å². The van der Waals surface area contributed by atoms with E-state index in [1.807, 2.05) is 18.2 Å². The Morgan fingerprint density at radius 2 is 2.50 bits per heavy atom. The maximum atomic E-state index is 5.77. The summed E-state index contributed by atoms with van der Waals surface area (Å²) in [5, 5.41) is 0. The van der Waals surface area contributed by atoms with Crippen molar-refractivity contribution in [3.05, 3.63) is 36.8 Å². The summed E-state index contributed by atoms with van der Waals surface area (Å²) in [4.78, 5) is 0. The molecule has 1 atom stereocenters. The molecule has 0 radical (unpaired) electrons. The molecule has 1 rings (SSSR count). The summed E-state index contributed by atoms with van der Waals surface area (Å²) in [5.41, 5.74) is 0. The first-order chi connectivity index (χ1) is 5.86. The summed E-state index contributed by atoms with van der Waals surface area (Å²) in [6.45, 7) is 3.69. The highest BCUT2D eigenvalue weighted by atomic mass is 35.5. The summed E-state index contributed by atoms with van der Waals surface area (Å²) in [6.07, 6.45) is 5.44. The van der Waals surface area contributed by atoms with E-state index in [9.17, 15) is 0 Å². The van der Waals surface area contributed by atoms with Gasteiger partial charge in [0.25, 0.3) is 0 Å². The quantitative estimate of drug-likeness (QED) is 0.506. The van der Waals surface area contributed by atoms with Crippen LogP contribution in [0.5, 0.6) is 0 Å². The molecule has 0 aliphatic heterocycles. The lowest BCUT2D eigenvalue weighted by atomic mass is 10.0. The molecular weight excluding hydrogens is 172 g/mol. The number of hydrogen-bond acceptors (Lipinski definition) is 1. The molecule has 12 heavy (non-hydrogen) atoms. The Labute approximate surface area is 78.0 Å². The minimum absolute atomic E-state index is 0.454. The van der Waals surface area contributed by atoms with Crippen molar-refractivity contribution < 1.29 is 4.42 Å². The van der Waals surface area contributed by atoms with Crippen LogP contribution >= 0.6 is 11.6 Å². The molecular formula is C10H13ClO. The Balaban J connectivity index is 2.42. The van der Waals surface area contributed by atoms with Crippen LogP contribution in [0.3, 0.4) is 0 Å². The first kappa shape index (κ1) is 9.40. The van der Waals surface area contributed by atoms with Gasteiger partial charge in [-0.3, -0.25) is 0 Å². The van der Waals surface area contributed by atoms with Crippen molar-refractivity contribution >= 4 is 11.6 Å². The van der Waals surface area contributed by atoms with Crippen LogP contribution in [0.4, 0.5) is 0 Å². The fourth-order valence-electron chi connectivity index (χ4n) is 1.15.